The van der Waals surface area contributed by atoms with Crippen LogP contribution in [0.2, 0.25) is 0 Å². The van der Waals surface area contributed by atoms with Gasteiger partial charge in [-0.05, 0) is 40.9 Å². The number of hydrogen-bond donors (Lipinski definition) is 1. The lowest BCUT2D eigenvalue weighted by Gasteiger charge is -2.21. The van der Waals surface area contributed by atoms with E-state index in [1.165, 1.54) is 0 Å². The minimum atomic E-state index is -4.27. The van der Waals surface area contributed by atoms with Crippen LogP contribution in [-0.2, 0) is 14.8 Å². The van der Waals surface area contributed by atoms with Crippen molar-refractivity contribution in [3.8, 4) is 6.07 Å². The van der Waals surface area contributed by atoms with Crippen LogP contribution < -0.4 is 0 Å². The van der Waals surface area contributed by atoms with Gasteiger partial charge in [-0.1, -0.05) is 0 Å². The van der Waals surface area contributed by atoms with Crippen LogP contribution in [0, 0.1) is 17.1 Å². The topological polar surface area (TPSA) is 98.5 Å². The molecule has 6 nitrogen and oxygen atoms in total. The van der Waals surface area contributed by atoms with E-state index in [0.717, 1.165) is 16.4 Å². The van der Waals surface area contributed by atoms with Crippen LogP contribution in [0.4, 0.5) is 4.39 Å². The lowest BCUT2D eigenvalue weighted by molar-refractivity contribution is -0.140. The van der Waals surface area contributed by atoms with Crippen molar-refractivity contribution in [1.82, 2.24) is 4.31 Å². The van der Waals surface area contributed by atoms with Gasteiger partial charge in [0.15, 0.2) is 0 Å². The van der Waals surface area contributed by atoms with Crippen LogP contribution in [0.5, 0.6) is 0 Å². The van der Waals surface area contributed by atoms with Crippen LogP contribution in [0.3, 0.4) is 0 Å². The molecule has 1 unspecified atom stereocenters. The van der Waals surface area contributed by atoms with Crippen molar-refractivity contribution >= 4 is 31.9 Å². The van der Waals surface area contributed by atoms with E-state index in [4.69, 9.17) is 10.4 Å². The number of nitrogens with zero attached hydrogens (tertiary/aromatic N) is 2. The molecule has 112 valence electrons. The Morgan fingerprint density at radius 1 is 1.52 bits per heavy atom. The van der Waals surface area contributed by atoms with Gasteiger partial charge < -0.3 is 5.11 Å². The van der Waals surface area contributed by atoms with E-state index in [2.05, 4.69) is 15.9 Å². The molecule has 1 saturated heterocycles. The van der Waals surface area contributed by atoms with E-state index >= 15 is 0 Å². The summed E-state index contributed by atoms with van der Waals surface area (Å²) in [6.45, 7) is 0.0242. The van der Waals surface area contributed by atoms with Crippen molar-refractivity contribution in [3.63, 3.8) is 0 Å². The summed E-state index contributed by atoms with van der Waals surface area (Å²) in [7, 11) is -4.27. The third kappa shape index (κ3) is 2.79. The SMILES string of the molecule is N#Cc1cc(F)c(S(=O)(=O)N2CCCC2C(=O)O)cc1Br. The molecule has 2 rings (SSSR count). The molecule has 1 aliphatic heterocycles. The summed E-state index contributed by atoms with van der Waals surface area (Å²) in [5, 5.41) is 17.8. The van der Waals surface area contributed by atoms with Crippen LogP contribution >= 0.6 is 15.9 Å². The first-order valence-electron chi connectivity index (χ1n) is 5.93. The molecule has 0 aliphatic carbocycles. The number of hydrogen-bond acceptors (Lipinski definition) is 4. The summed E-state index contributed by atoms with van der Waals surface area (Å²) >= 11 is 3.00. The highest BCUT2D eigenvalue weighted by Crippen LogP contribution is 2.30. The maximum absolute atomic E-state index is 14.0. The second-order valence-electron chi connectivity index (χ2n) is 4.49. The quantitative estimate of drug-likeness (QED) is 0.865. The Morgan fingerprint density at radius 3 is 2.76 bits per heavy atom. The van der Waals surface area contributed by atoms with Gasteiger partial charge in [0.2, 0.25) is 10.0 Å². The monoisotopic (exact) mass is 376 g/mol. The Labute approximate surface area is 129 Å². The van der Waals surface area contributed by atoms with Crippen molar-refractivity contribution in [2.24, 2.45) is 0 Å². The summed E-state index contributed by atoms with van der Waals surface area (Å²) in [5.41, 5.74) is -0.0392. The zero-order chi connectivity index (χ0) is 15.8. The van der Waals surface area contributed by atoms with Crippen molar-refractivity contribution < 1.29 is 22.7 Å². The van der Waals surface area contributed by atoms with E-state index in [-0.39, 0.29) is 23.0 Å². The van der Waals surface area contributed by atoms with Crippen molar-refractivity contribution in [2.45, 2.75) is 23.8 Å². The fraction of sp³-hybridized carbons (Fsp3) is 0.333. The van der Waals surface area contributed by atoms with E-state index in [9.17, 15) is 17.6 Å². The number of carboxylic acid groups (broad SMARTS) is 1. The van der Waals surface area contributed by atoms with Gasteiger partial charge >= 0.3 is 5.97 Å². The summed E-state index contributed by atoms with van der Waals surface area (Å²) in [5.74, 6) is -2.34. The Balaban J connectivity index is 2.53. The molecule has 0 radical (unpaired) electrons. The van der Waals surface area contributed by atoms with Crippen LogP contribution in [0.25, 0.3) is 0 Å². The fourth-order valence-corrected chi connectivity index (χ4v) is 4.52. The molecule has 0 spiro atoms. The molecule has 1 heterocycles. The zero-order valence-electron chi connectivity index (χ0n) is 10.6. The Morgan fingerprint density at radius 2 is 2.19 bits per heavy atom. The first-order valence-corrected chi connectivity index (χ1v) is 8.16. The maximum atomic E-state index is 14.0. The first kappa shape index (κ1) is 15.9. The van der Waals surface area contributed by atoms with Gasteiger partial charge in [-0.25, -0.2) is 12.8 Å². The minimum absolute atomic E-state index is 0.0242. The maximum Gasteiger partial charge on any atom is 0.322 e. The largest absolute Gasteiger partial charge is 0.480 e. The molecule has 1 fully saturated rings. The number of carbonyl (C=O) groups is 1. The van der Waals surface area contributed by atoms with Crippen molar-refractivity contribution in [3.05, 3.63) is 28.0 Å². The first-order chi connectivity index (χ1) is 9.78. The Bertz CT molecular complexity index is 744. The number of sulfonamides is 1. The molecule has 1 aromatic rings. The van der Waals surface area contributed by atoms with Gasteiger partial charge in [0.05, 0.1) is 5.56 Å². The number of nitriles is 1. The fourth-order valence-electron chi connectivity index (χ4n) is 2.21. The molecule has 1 atom stereocenters. The van der Waals surface area contributed by atoms with Gasteiger partial charge in [-0.3, -0.25) is 4.79 Å². The van der Waals surface area contributed by atoms with E-state index in [1.807, 2.05) is 0 Å². The highest BCUT2D eigenvalue weighted by molar-refractivity contribution is 9.10. The number of halogens is 2. The predicted molar refractivity (Wildman–Crippen MR) is 73.4 cm³/mol. The summed E-state index contributed by atoms with van der Waals surface area (Å²) < 4.78 is 39.8. The second-order valence-corrected chi connectivity index (χ2v) is 7.20. The third-order valence-electron chi connectivity index (χ3n) is 3.22. The van der Waals surface area contributed by atoms with Gasteiger partial charge in [-0.2, -0.15) is 9.57 Å². The molecule has 0 bridgehead atoms. The van der Waals surface area contributed by atoms with Crippen LogP contribution in [-0.4, -0.2) is 36.4 Å². The number of carboxylic acids is 1. The van der Waals surface area contributed by atoms with Crippen molar-refractivity contribution in [1.29, 1.82) is 5.26 Å². The molecule has 1 N–H and O–H groups in total. The Hall–Kier alpha value is -1.50. The zero-order valence-corrected chi connectivity index (χ0v) is 13.0. The van der Waals surface area contributed by atoms with Gasteiger partial charge in [0.25, 0.3) is 0 Å². The predicted octanol–water partition coefficient (Wildman–Crippen LogP) is 1.70. The van der Waals surface area contributed by atoms with Crippen LogP contribution in [0.1, 0.15) is 18.4 Å². The molecule has 9 heteroatoms. The lowest BCUT2D eigenvalue weighted by Crippen LogP contribution is -2.40. The molecule has 0 amide bonds. The van der Waals surface area contributed by atoms with E-state index in [1.54, 1.807) is 6.07 Å². The third-order valence-corrected chi connectivity index (χ3v) is 5.80. The van der Waals surface area contributed by atoms with Gasteiger partial charge in [0.1, 0.15) is 22.8 Å². The normalized spacial score (nSPS) is 19.4. The highest BCUT2D eigenvalue weighted by Gasteiger charge is 2.40. The van der Waals surface area contributed by atoms with Gasteiger partial charge in [0, 0.05) is 11.0 Å². The lowest BCUT2D eigenvalue weighted by atomic mass is 10.2. The molecule has 21 heavy (non-hydrogen) atoms. The average molecular weight is 377 g/mol. The number of rotatable bonds is 3. The Kier molecular flexibility index (Phi) is 4.32. The molecular weight excluding hydrogens is 367 g/mol. The number of aliphatic carboxylic acids is 1. The highest BCUT2D eigenvalue weighted by atomic mass is 79.9. The summed E-state index contributed by atoms with van der Waals surface area (Å²) in [4.78, 5) is 10.5. The van der Waals surface area contributed by atoms with Crippen molar-refractivity contribution in [2.75, 3.05) is 6.54 Å². The van der Waals surface area contributed by atoms with Gasteiger partial charge in [-0.15, -0.1) is 0 Å². The summed E-state index contributed by atoms with van der Waals surface area (Å²) in [6.07, 6.45) is 0.586. The average Bonchev–Trinajstić information content (AvgIpc) is 2.91. The van der Waals surface area contributed by atoms with E-state index < -0.39 is 32.7 Å². The molecule has 0 saturated carbocycles. The number of benzene rings is 1. The smallest absolute Gasteiger partial charge is 0.322 e. The molecule has 1 aromatic carbocycles. The summed E-state index contributed by atoms with van der Waals surface area (Å²) in [6, 6.07) is 2.33. The van der Waals surface area contributed by atoms with Crippen LogP contribution in [0.15, 0.2) is 21.5 Å². The molecular formula is C12H10BrFN2O4S. The van der Waals surface area contributed by atoms with E-state index in [0.29, 0.717) is 6.42 Å². The molecule has 1 aliphatic rings. The standard InChI is InChI=1S/C12H10BrFN2O4S/c13-8-5-11(9(14)4-7(8)6-15)21(19,20)16-3-1-2-10(16)12(17)18/h4-5,10H,1-3H2,(H,17,18). The molecule has 0 aromatic heterocycles. The second kappa shape index (κ2) is 5.71. The minimum Gasteiger partial charge on any atom is -0.480 e.